The first kappa shape index (κ1) is 8.03. The Balaban J connectivity index is 2.02. The van der Waals surface area contributed by atoms with Gasteiger partial charge in [-0.25, -0.2) is 4.98 Å². The molecule has 1 aromatic heterocycles. The van der Waals surface area contributed by atoms with Crippen LogP contribution >= 0.6 is 11.3 Å². The van der Waals surface area contributed by atoms with E-state index in [4.69, 9.17) is 10.0 Å². The Bertz CT molecular complexity index is 274. The minimum absolute atomic E-state index is 0.322. The van der Waals surface area contributed by atoms with E-state index < -0.39 is 7.12 Å². The average molecular weight is 184 g/mol. The van der Waals surface area contributed by atoms with Crippen molar-refractivity contribution in [3.8, 4) is 0 Å². The summed E-state index contributed by atoms with van der Waals surface area (Å²) in [6, 6.07) is 0.555. The molecule has 0 bridgehead atoms. The van der Waals surface area contributed by atoms with E-state index in [1.807, 2.05) is 0 Å². The highest BCUT2D eigenvalue weighted by Gasteiger charge is 2.23. The smallest absolute Gasteiger partial charge is 0.422 e. The third-order valence-corrected chi connectivity index (χ3v) is 2.48. The number of rotatable bonds is 3. The van der Waals surface area contributed by atoms with Crippen molar-refractivity contribution in [1.29, 1.82) is 0 Å². The molecule has 4 nitrogen and oxygen atoms in total. The van der Waals surface area contributed by atoms with Gasteiger partial charge in [-0.15, -0.1) is 11.3 Å². The maximum Gasteiger partial charge on any atom is 0.509 e. The van der Waals surface area contributed by atoms with Crippen LogP contribution in [0.15, 0.2) is 5.38 Å². The first-order valence-electron chi connectivity index (χ1n) is 3.84. The first-order chi connectivity index (χ1) is 5.75. The van der Waals surface area contributed by atoms with Crippen LogP contribution in [0.2, 0.25) is 0 Å². The minimum atomic E-state index is -1.45. The molecule has 64 valence electrons. The van der Waals surface area contributed by atoms with Gasteiger partial charge >= 0.3 is 7.12 Å². The summed E-state index contributed by atoms with van der Waals surface area (Å²) in [5.74, 6) is 0. The van der Waals surface area contributed by atoms with E-state index >= 15 is 0 Å². The molecule has 1 fully saturated rings. The van der Waals surface area contributed by atoms with Crippen LogP contribution in [0.3, 0.4) is 0 Å². The Labute approximate surface area is 74.4 Å². The van der Waals surface area contributed by atoms with Crippen molar-refractivity contribution < 1.29 is 10.0 Å². The average Bonchev–Trinajstić information content (AvgIpc) is 2.66. The molecule has 0 saturated heterocycles. The fourth-order valence-corrected chi connectivity index (χ4v) is 1.67. The molecule has 0 unspecified atom stereocenters. The molecule has 1 aliphatic rings. The molecule has 12 heavy (non-hydrogen) atoms. The highest BCUT2D eigenvalue weighted by Crippen LogP contribution is 2.25. The van der Waals surface area contributed by atoms with Crippen LogP contribution in [0.4, 0.5) is 5.13 Å². The van der Waals surface area contributed by atoms with E-state index in [-0.39, 0.29) is 0 Å². The fraction of sp³-hybridized carbons (Fsp3) is 0.500. The Morgan fingerprint density at radius 3 is 2.83 bits per heavy atom. The fourth-order valence-electron chi connectivity index (χ4n) is 0.873. The van der Waals surface area contributed by atoms with Gasteiger partial charge in [-0.1, -0.05) is 0 Å². The molecule has 1 heterocycles. The van der Waals surface area contributed by atoms with Crippen molar-refractivity contribution in [3.63, 3.8) is 0 Å². The molecule has 0 amide bonds. The highest BCUT2D eigenvalue weighted by atomic mass is 32.1. The molecule has 0 spiro atoms. The van der Waals surface area contributed by atoms with Gasteiger partial charge in [-0.3, -0.25) is 0 Å². The van der Waals surface area contributed by atoms with Gasteiger partial charge < -0.3 is 15.4 Å². The second kappa shape index (κ2) is 3.04. The summed E-state index contributed by atoms with van der Waals surface area (Å²) in [6.45, 7) is 0. The van der Waals surface area contributed by atoms with Crippen molar-refractivity contribution in [2.45, 2.75) is 18.9 Å². The van der Waals surface area contributed by atoms with Crippen LogP contribution in [-0.2, 0) is 0 Å². The summed E-state index contributed by atoms with van der Waals surface area (Å²) in [5, 5.41) is 23.1. The SMILES string of the molecule is OB(O)c1csc(NC2CC2)n1. The third-order valence-electron chi connectivity index (χ3n) is 1.69. The van der Waals surface area contributed by atoms with Crippen molar-refractivity contribution in [1.82, 2.24) is 4.98 Å². The molecule has 1 saturated carbocycles. The Morgan fingerprint density at radius 1 is 1.58 bits per heavy atom. The maximum absolute atomic E-state index is 8.76. The lowest BCUT2D eigenvalue weighted by atomic mass is 9.88. The molecule has 3 N–H and O–H groups in total. The van der Waals surface area contributed by atoms with Gasteiger partial charge in [-0.2, -0.15) is 0 Å². The molecule has 6 heteroatoms. The lowest BCUT2D eigenvalue weighted by Gasteiger charge is -1.96. The van der Waals surface area contributed by atoms with Gasteiger partial charge in [0, 0.05) is 11.4 Å². The van der Waals surface area contributed by atoms with E-state index in [2.05, 4.69) is 10.3 Å². The standard InChI is InChI=1S/C6H9BN2O2S/c10-7(11)5-3-12-6(9-5)8-4-1-2-4/h3-4,10-11H,1-2H2,(H,8,9). The van der Waals surface area contributed by atoms with Crippen LogP contribution < -0.4 is 10.9 Å². The molecule has 2 rings (SSSR count). The maximum atomic E-state index is 8.76. The van der Waals surface area contributed by atoms with Crippen molar-refractivity contribution in [3.05, 3.63) is 5.38 Å². The summed E-state index contributed by atoms with van der Waals surface area (Å²) < 4.78 is 0. The van der Waals surface area contributed by atoms with Gasteiger partial charge in [0.15, 0.2) is 5.13 Å². The molecule has 1 aliphatic carbocycles. The summed E-state index contributed by atoms with van der Waals surface area (Å²) >= 11 is 1.40. The second-order valence-corrected chi connectivity index (χ2v) is 3.73. The molecule has 0 radical (unpaired) electrons. The third kappa shape index (κ3) is 1.77. The number of hydrogen-bond donors (Lipinski definition) is 3. The van der Waals surface area contributed by atoms with Crippen LogP contribution in [-0.4, -0.2) is 28.2 Å². The van der Waals surface area contributed by atoms with Gasteiger partial charge in [0.25, 0.3) is 0 Å². The molecule has 0 atom stereocenters. The van der Waals surface area contributed by atoms with Gasteiger partial charge in [-0.05, 0) is 12.8 Å². The molecular weight excluding hydrogens is 175 g/mol. The summed E-state index contributed by atoms with van der Waals surface area (Å²) in [4.78, 5) is 4.00. The van der Waals surface area contributed by atoms with Gasteiger partial charge in [0.05, 0.1) is 5.59 Å². The van der Waals surface area contributed by atoms with E-state index in [1.54, 1.807) is 5.38 Å². The lowest BCUT2D eigenvalue weighted by molar-refractivity contribution is 0.424. The van der Waals surface area contributed by atoms with Crippen LogP contribution in [0, 0.1) is 0 Å². The Hall–Kier alpha value is -0.585. The minimum Gasteiger partial charge on any atom is -0.422 e. The van der Waals surface area contributed by atoms with Crippen molar-refractivity contribution >= 4 is 29.2 Å². The molecule has 0 aliphatic heterocycles. The number of nitrogens with one attached hydrogen (secondary N) is 1. The van der Waals surface area contributed by atoms with Crippen molar-refractivity contribution in [2.24, 2.45) is 0 Å². The zero-order valence-electron chi connectivity index (χ0n) is 6.40. The van der Waals surface area contributed by atoms with E-state index in [0.29, 0.717) is 11.6 Å². The summed E-state index contributed by atoms with van der Waals surface area (Å²) in [7, 11) is -1.45. The first-order valence-corrected chi connectivity index (χ1v) is 4.72. The second-order valence-electron chi connectivity index (χ2n) is 2.87. The van der Waals surface area contributed by atoms with E-state index in [0.717, 1.165) is 5.13 Å². The van der Waals surface area contributed by atoms with Gasteiger partial charge in [0.2, 0.25) is 0 Å². The largest absolute Gasteiger partial charge is 0.509 e. The number of aromatic nitrogens is 1. The quantitative estimate of drug-likeness (QED) is 0.548. The van der Waals surface area contributed by atoms with Gasteiger partial charge in [0.1, 0.15) is 0 Å². The van der Waals surface area contributed by atoms with Crippen LogP contribution in [0.1, 0.15) is 12.8 Å². The van der Waals surface area contributed by atoms with Crippen molar-refractivity contribution in [2.75, 3.05) is 5.32 Å². The molecule has 1 aromatic rings. The monoisotopic (exact) mass is 184 g/mol. The number of anilines is 1. The molecule has 0 aromatic carbocycles. The zero-order chi connectivity index (χ0) is 8.55. The van der Waals surface area contributed by atoms with E-state index in [1.165, 1.54) is 24.2 Å². The topological polar surface area (TPSA) is 65.4 Å². The normalized spacial score (nSPS) is 16.2. The number of hydrogen-bond acceptors (Lipinski definition) is 5. The Kier molecular flexibility index (Phi) is 2.04. The van der Waals surface area contributed by atoms with Crippen LogP contribution in [0.25, 0.3) is 0 Å². The predicted octanol–water partition coefficient (Wildman–Crippen LogP) is -0.603. The lowest BCUT2D eigenvalue weighted by Crippen LogP contribution is -2.30. The zero-order valence-corrected chi connectivity index (χ0v) is 7.21. The summed E-state index contributed by atoms with van der Waals surface area (Å²) in [5.41, 5.74) is 0.322. The Morgan fingerprint density at radius 2 is 2.33 bits per heavy atom. The van der Waals surface area contributed by atoms with Crippen LogP contribution in [0.5, 0.6) is 0 Å². The summed E-state index contributed by atoms with van der Waals surface area (Å²) in [6.07, 6.45) is 2.38. The van der Waals surface area contributed by atoms with E-state index in [9.17, 15) is 0 Å². The number of thiazole rings is 1. The highest BCUT2D eigenvalue weighted by molar-refractivity contribution is 7.14. The number of nitrogens with zero attached hydrogens (tertiary/aromatic N) is 1. The molecular formula is C6H9BN2O2S. The predicted molar refractivity (Wildman–Crippen MR) is 48.6 cm³/mol.